The molecule has 0 unspecified atom stereocenters. The van der Waals surface area contributed by atoms with E-state index < -0.39 is 0 Å². The minimum atomic E-state index is -0.183. The molecule has 112 valence electrons. The Morgan fingerprint density at radius 1 is 1.33 bits per heavy atom. The van der Waals surface area contributed by atoms with E-state index in [0.717, 1.165) is 25.7 Å². The monoisotopic (exact) mass is 287 g/mol. The minimum Gasteiger partial charge on any atom is -0.488 e. The number of H-pyrrole nitrogens is 1. The summed E-state index contributed by atoms with van der Waals surface area (Å²) in [6.07, 6.45) is 5.97. The molecule has 1 heterocycles. The van der Waals surface area contributed by atoms with Crippen LogP contribution in [0.15, 0.2) is 23.3 Å². The second-order valence-electron chi connectivity index (χ2n) is 6.62. The van der Waals surface area contributed by atoms with Gasteiger partial charge in [0.1, 0.15) is 5.75 Å². The Labute approximate surface area is 123 Å². The number of nitrogens with two attached hydrogens (primary N) is 1. The molecule has 1 saturated carbocycles. The lowest BCUT2D eigenvalue weighted by Crippen LogP contribution is -2.28. The van der Waals surface area contributed by atoms with E-state index in [1.165, 1.54) is 6.33 Å². The van der Waals surface area contributed by atoms with Crippen LogP contribution in [0.4, 0.5) is 5.69 Å². The van der Waals surface area contributed by atoms with Gasteiger partial charge in [0, 0.05) is 6.07 Å². The van der Waals surface area contributed by atoms with Gasteiger partial charge in [0.05, 0.1) is 29.0 Å². The van der Waals surface area contributed by atoms with Gasteiger partial charge in [-0.1, -0.05) is 13.8 Å². The molecule has 1 fully saturated rings. The number of benzene rings is 1. The van der Waals surface area contributed by atoms with Crippen molar-refractivity contribution in [1.82, 2.24) is 9.97 Å². The Morgan fingerprint density at radius 3 is 2.76 bits per heavy atom. The largest absolute Gasteiger partial charge is 0.488 e. The van der Waals surface area contributed by atoms with E-state index in [0.29, 0.717) is 27.8 Å². The third-order valence-electron chi connectivity index (χ3n) is 4.35. The van der Waals surface area contributed by atoms with Gasteiger partial charge < -0.3 is 15.5 Å². The van der Waals surface area contributed by atoms with Gasteiger partial charge in [0.15, 0.2) is 0 Å². The fraction of sp³-hybridized carbons (Fsp3) is 0.500. The summed E-state index contributed by atoms with van der Waals surface area (Å²) in [5.41, 5.74) is 7.35. The van der Waals surface area contributed by atoms with Crippen LogP contribution < -0.4 is 16.0 Å². The van der Waals surface area contributed by atoms with Crippen molar-refractivity contribution in [2.75, 3.05) is 5.73 Å². The molecule has 5 heteroatoms. The molecular weight excluding hydrogens is 266 g/mol. The van der Waals surface area contributed by atoms with Gasteiger partial charge in [0.2, 0.25) is 0 Å². The normalized spacial score (nSPS) is 18.8. The van der Waals surface area contributed by atoms with Crippen LogP contribution in [0, 0.1) is 5.41 Å². The van der Waals surface area contributed by atoms with E-state index in [4.69, 9.17) is 10.5 Å². The average molecular weight is 287 g/mol. The summed E-state index contributed by atoms with van der Waals surface area (Å²) in [5.74, 6) is 0.630. The van der Waals surface area contributed by atoms with Gasteiger partial charge in [0.25, 0.3) is 5.56 Å². The molecule has 0 amide bonds. The molecule has 1 aromatic heterocycles. The molecule has 0 spiro atoms. The number of aromatic amines is 1. The Bertz CT molecular complexity index is 711. The number of nitrogens with one attached hydrogen (secondary N) is 1. The number of ether oxygens (including phenoxy) is 1. The van der Waals surface area contributed by atoms with Gasteiger partial charge in [-0.05, 0) is 37.2 Å². The molecule has 0 radical (unpaired) electrons. The molecule has 2 aromatic rings. The van der Waals surface area contributed by atoms with Gasteiger partial charge in [-0.15, -0.1) is 0 Å². The van der Waals surface area contributed by atoms with Crippen molar-refractivity contribution in [3.63, 3.8) is 0 Å². The lowest BCUT2D eigenvalue weighted by atomic mass is 9.76. The first kappa shape index (κ1) is 13.9. The highest BCUT2D eigenvalue weighted by molar-refractivity contribution is 5.84. The molecule has 0 bridgehead atoms. The topological polar surface area (TPSA) is 81.0 Å². The molecule has 0 atom stereocenters. The lowest BCUT2D eigenvalue weighted by Gasteiger charge is -2.34. The summed E-state index contributed by atoms with van der Waals surface area (Å²) in [6.45, 7) is 4.59. The lowest BCUT2D eigenvalue weighted by molar-refractivity contribution is 0.0995. The zero-order valence-electron chi connectivity index (χ0n) is 12.5. The first-order valence-corrected chi connectivity index (χ1v) is 7.38. The Morgan fingerprint density at radius 2 is 2.05 bits per heavy atom. The second kappa shape index (κ2) is 5.06. The van der Waals surface area contributed by atoms with Crippen LogP contribution in [0.25, 0.3) is 10.9 Å². The first-order chi connectivity index (χ1) is 9.94. The number of rotatable bonds is 2. The first-order valence-electron chi connectivity index (χ1n) is 7.38. The van der Waals surface area contributed by atoms with Crippen molar-refractivity contribution in [1.29, 1.82) is 0 Å². The van der Waals surface area contributed by atoms with E-state index in [1.54, 1.807) is 12.1 Å². The Hall–Kier alpha value is -2.04. The van der Waals surface area contributed by atoms with Crippen LogP contribution in [0.3, 0.4) is 0 Å². The van der Waals surface area contributed by atoms with Crippen LogP contribution in [0.1, 0.15) is 39.5 Å². The predicted molar refractivity (Wildman–Crippen MR) is 83.4 cm³/mol. The van der Waals surface area contributed by atoms with Crippen molar-refractivity contribution in [3.05, 3.63) is 28.8 Å². The Balaban J connectivity index is 1.85. The molecule has 3 rings (SSSR count). The number of nitrogens with zero attached hydrogens (tertiary/aromatic N) is 1. The van der Waals surface area contributed by atoms with Crippen molar-refractivity contribution in [2.45, 2.75) is 45.6 Å². The minimum absolute atomic E-state index is 0.183. The van der Waals surface area contributed by atoms with Crippen LogP contribution >= 0.6 is 0 Å². The quantitative estimate of drug-likeness (QED) is 0.832. The van der Waals surface area contributed by atoms with Crippen molar-refractivity contribution in [2.24, 2.45) is 5.41 Å². The number of aromatic nitrogens is 2. The van der Waals surface area contributed by atoms with E-state index in [-0.39, 0.29) is 11.7 Å². The fourth-order valence-corrected chi connectivity index (χ4v) is 2.88. The van der Waals surface area contributed by atoms with E-state index in [1.807, 2.05) is 0 Å². The third kappa shape index (κ3) is 2.86. The van der Waals surface area contributed by atoms with Gasteiger partial charge in [-0.3, -0.25) is 4.79 Å². The number of anilines is 1. The SMILES string of the molecule is CC1(C)CCC(Oc2cc3nc[nH]c(=O)c3cc2N)CC1. The maximum Gasteiger partial charge on any atom is 0.258 e. The van der Waals surface area contributed by atoms with Gasteiger partial charge in [-0.2, -0.15) is 0 Å². The van der Waals surface area contributed by atoms with Crippen LogP contribution in [0.2, 0.25) is 0 Å². The molecule has 3 N–H and O–H groups in total. The standard InChI is InChI=1S/C16H21N3O2/c1-16(2)5-3-10(4-6-16)21-14-8-13-11(7-12(14)17)15(20)19-9-18-13/h7-10H,3-6,17H2,1-2H3,(H,18,19,20). The Kier molecular flexibility index (Phi) is 3.35. The number of hydrogen-bond acceptors (Lipinski definition) is 4. The van der Waals surface area contributed by atoms with E-state index in [2.05, 4.69) is 23.8 Å². The zero-order chi connectivity index (χ0) is 15.0. The zero-order valence-corrected chi connectivity index (χ0v) is 12.5. The average Bonchev–Trinajstić information content (AvgIpc) is 2.43. The second-order valence-corrected chi connectivity index (χ2v) is 6.62. The maximum absolute atomic E-state index is 11.7. The molecule has 0 saturated heterocycles. The summed E-state index contributed by atoms with van der Waals surface area (Å²) in [4.78, 5) is 18.4. The molecule has 1 aromatic carbocycles. The molecule has 1 aliphatic carbocycles. The highest BCUT2D eigenvalue weighted by Gasteiger charge is 2.28. The highest BCUT2D eigenvalue weighted by atomic mass is 16.5. The van der Waals surface area contributed by atoms with Crippen molar-refractivity contribution >= 4 is 16.6 Å². The summed E-state index contributed by atoms with van der Waals surface area (Å²) < 4.78 is 6.05. The number of hydrogen-bond donors (Lipinski definition) is 2. The number of nitrogen functional groups attached to an aromatic ring is 1. The number of fused-ring (bicyclic) bond motifs is 1. The molecule has 21 heavy (non-hydrogen) atoms. The summed E-state index contributed by atoms with van der Waals surface area (Å²) >= 11 is 0. The maximum atomic E-state index is 11.7. The van der Waals surface area contributed by atoms with Crippen molar-refractivity contribution < 1.29 is 4.74 Å². The molecular formula is C16H21N3O2. The smallest absolute Gasteiger partial charge is 0.258 e. The van der Waals surface area contributed by atoms with Gasteiger partial charge in [-0.25, -0.2) is 4.98 Å². The highest BCUT2D eigenvalue weighted by Crippen LogP contribution is 2.37. The summed E-state index contributed by atoms with van der Waals surface area (Å²) in [7, 11) is 0. The van der Waals surface area contributed by atoms with Crippen LogP contribution in [0.5, 0.6) is 5.75 Å². The van der Waals surface area contributed by atoms with Crippen LogP contribution in [-0.4, -0.2) is 16.1 Å². The summed E-state index contributed by atoms with van der Waals surface area (Å²) in [5, 5.41) is 0.493. The molecule has 5 nitrogen and oxygen atoms in total. The van der Waals surface area contributed by atoms with E-state index >= 15 is 0 Å². The summed E-state index contributed by atoms with van der Waals surface area (Å²) in [6, 6.07) is 3.41. The van der Waals surface area contributed by atoms with E-state index in [9.17, 15) is 4.79 Å². The predicted octanol–water partition coefficient (Wildman–Crippen LogP) is 2.85. The van der Waals surface area contributed by atoms with Crippen molar-refractivity contribution in [3.8, 4) is 5.75 Å². The third-order valence-corrected chi connectivity index (χ3v) is 4.35. The van der Waals surface area contributed by atoms with Crippen LogP contribution in [-0.2, 0) is 0 Å². The molecule has 0 aliphatic heterocycles. The molecule has 1 aliphatic rings. The fourth-order valence-electron chi connectivity index (χ4n) is 2.88. The van der Waals surface area contributed by atoms with Gasteiger partial charge >= 0.3 is 0 Å².